The van der Waals surface area contributed by atoms with E-state index in [1.807, 2.05) is 24.1 Å². The summed E-state index contributed by atoms with van der Waals surface area (Å²) in [5.41, 5.74) is 7.97. The molecule has 4 nitrogen and oxygen atoms in total. The Bertz CT molecular complexity index is 513. The van der Waals surface area contributed by atoms with Crippen LogP contribution in [0, 0.1) is 0 Å². The molecule has 0 aliphatic rings. The van der Waals surface area contributed by atoms with Gasteiger partial charge in [-0.2, -0.15) is 0 Å². The Hall–Kier alpha value is -1.46. The van der Waals surface area contributed by atoms with Crippen LogP contribution in [-0.2, 0) is 13.1 Å². The van der Waals surface area contributed by atoms with E-state index < -0.39 is 0 Å². The van der Waals surface area contributed by atoms with Gasteiger partial charge in [0.1, 0.15) is 0 Å². The fourth-order valence-electron chi connectivity index (χ4n) is 1.70. The van der Waals surface area contributed by atoms with Gasteiger partial charge in [-0.3, -0.25) is 0 Å². The van der Waals surface area contributed by atoms with Crippen molar-refractivity contribution in [3.8, 4) is 0 Å². The molecule has 0 fully saturated rings. The van der Waals surface area contributed by atoms with Crippen molar-refractivity contribution in [1.82, 2.24) is 9.97 Å². The number of hydrogen-bond donors (Lipinski definition) is 1. The van der Waals surface area contributed by atoms with E-state index in [0.717, 1.165) is 16.6 Å². The summed E-state index contributed by atoms with van der Waals surface area (Å²) in [6, 6.07) is 8.23. The third-order valence-corrected chi connectivity index (χ3v) is 3.00. The molecule has 0 spiro atoms. The van der Waals surface area contributed by atoms with E-state index in [-0.39, 0.29) is 0 Å². The van der Waals surface area contributed by atoms with Gasteiger partial charge in [0.15, 0.2) is 0 Å². The van der Waals surface area contributed by atoms with Crippen LogP contribution >= 0.6 is 15.9 Å². The molecule has 2 aromatic rings. The predicted octanol–water partition coefficient (Wildman–Crippen LogP) is 2.33. The van der Waals surface area contributed by atoms with E-state index in [1.165, 1.54) is 5.56 Å². The molecular weight excluding hydrogens is 292 g/mol. The summed E-state index contributed by atoms with van der Waals surface area (Å²) in [5.74, 6) is 0.705. The van der Waals surface area contributed by atoms with Gasteiger partial charge in [-0.25, -0.2) is 9.97 Å². The van der Waals surface area contributed by atoms with Gasteiger partial charge in [-0.15, -0.1) is 0 Å². The maximum absolute atomic E-state index is 5.63. The zero-order chi connectivity index (χ0) is 13.0. The number of nitrogens with two attached hydrogens (primary N) is 1. The smallest absolute Gasteiger partial charge is 0.225 e. The first-order valence-electron chi connectivity index (χ1n) is 5.65. The quantitative estimate of drug-likeness (QED) is 0.942. The van der Waals surface area contributed by atoms with Crippen molar-refractivity contribution in [1.29, 1.82) is 0 Å². The second kappa shape index (κ2) is 5.93. The van der Waals surface area contributed by atoms with Gasteiger partial charge in [0.25, 0.3) is 0 Å². The van der Waals surface area contributed by atoms with Gasteiger partial charge in [0, 0.05) is 32.5 Å². The van der Waals surface area contributed by atoms with Gasteiger partial charge in [-0.05, 0) is 27.1 Å². The maximum Gasteiger partial charge on any atom is 0.225 e. The summed E-state index contributed by atoms with van der Waals surface area (Å²) >= 11 is 3.32. The molecular formula is C13H15BrN4. The van der Waals surface area contributed by atoms with Gasteiger partial charge in [-0.1, -0.05) is 24.3 Å². The van der Waals surface area contributed by atoms with E-state index in [2.05, 4.69) is 38.0 Å². The predicted molar refractivity (Wildman–Crippen MR) is 76.2 cm³/mol. The molecule has 1 aromatic heterocycles. The van der Waals surface area contributed by atoms with Gasteiger partial charge in [0.2, 0.25) is 5.95 Å². The highest BCUT2D eigenvalue weighted by molar-refractivity contribution is 9.10. The second-order valence-corrected chi connectivity index (χ2v) is 5.00. The minimum Gasteiger partial charge on any atom is -0.340 e. The van der Waals surface area contributed by atoms with Crippen molar-refractivity contribution >= 4 is 21.9 Å². The fourth-order valence-corrected chi connectivity index (χ4v) is 1.91. The van der Waals surface area contributed by atoms with Crippen molar-refractivity contribution in [3.05, 3.63) is 52.3 Å². The highest BCUT2D eigenvalue weighted by Gasteiger charge is 2.05. The molecule has 94 valence electrons. The third-order valence-electron chi connectivity index (χ3n) is 2.59. The summed E-state index contributed by atoms with van der Waals surface area (Å²) in [4.78, 5) is 10.5. The minimum absolute atomic E-state index is 0.562. The lowest BCUT2D eigenvalue weighted by atomic mass is 10.1. The third kappa shape index (κ3) is 3.27. The molecule has 0 unspecified atom stereocenters. The Morgan fingerprint density at radius 1 is 1.22 bits per heavy atom. The highest BCUT2D eigenvalue weighted by Crippen LogP contribution is 2.13. The Kier molecular flexibility index (Phi) is 4.28. The first-order valence-corrected chi connectivity index (χ1v) is 6.45. The van der Waals surface area contributed by atoms with Crippen LogP contribution in [0.5, 0.6) is 0 Å². The zero-order valence-electron chi connectivity index (χ0n) is 10.2. The van der Waals surface area contributed by atoms with Crippen molar-refractivity contribution in [2.45, 2.75) is 13.1 Å². The Labute approximate surface area is 115 Å². The van der Waals surface area contributed by atoms with Crippen molar-refractivity contribution in [2.24, 2.45) is 5.73 Å². The summed E-state index contributed by atoms with van der Waals surface area (Å²) in [6.45, 7) is 1.32. The van der Waals surface area contributed by atoms with Crippen LogP contribution in [-0.4, -0.2) is 17.0 Å². The van der Waals surface area contributed by atoms with Crippen LogP contribution in [0.15, 0.2) is 41.1 Å². The first kappa shape index (κ1) is 13.0. The number of hydrogen-bond acceptors (Lipinski definition) is 4. The molecule has 2 rings (SSSR count). The summed E-state index contributed by atoms with van der Waals surface area (Å²) < 4.78 is 0.879. The van der Waals surface area contributed by atoms with Crippen molar-refractivity contribution in [2.75, 3.05) is 11.9 Å². The average molecular weight is 307 g/mol. The lowest BCUT2D eigenvalue weighted by Crippen LogP contribution is -2.19. The molecule has 0 amide bonds. The van der Waals surface area contributed by atoms with Gasteiger partial charge in [0.05, 0.1) is 4.47 Å². The lowest BCUT2D eigenvalue weighted by molar-refractivity contribution is 0.862. The maximum atomic E-state index is 5.63. The highest BCUT2D eigenvalue weighted by atomic mass is 79.9. The monoisotopic (exact) mass is 306 g/mol. The fraction of sp³-hybridized carbons (Fsp3) is 0.231. The molecule has 0 saturated carbocycles. The molecule has 18 heavy (non-hydrogen) atoms. The SMILES string of the molecule is CN(Cc1cccc(CN)c1)c1ncc(Br)cn1. The Morgan fingerprint density at radius 2 is 1.89 bits per heavy atom. The van der Waals surface area contributed by atoms with Crippen LogP contribution in [0.25, 0.3) is 0 Å². The molecule has 0 radical (unpaired) electrons. The molecule has 1 aromatic carbocycles. The van der Waals surface area contributed by atoms with Crippen LogP contribution < -0.4 is 10.6 Å². The van der Waals surface area contributed by atoms with Crippen LogP contribution in [0.2, 0.25) is 0 Å². The van der Waals surface area contributed by atoms with E-state index in [1.54, 1.807) is 12.4 Å². The van der Waals surface area contributed by atoms with Crippen LogP contribution in [0.1, 0.15) is 11.1 Å². The Balaban J connectivity index is 2.10. The van der Waals surface area contributed by atoms with Crippen LogP contribution in [0.4, 0.5) is 5.95 Å². The number of aromatic nitrogens is 2. The molecule has 0 aliphatic heterocycles. The van der Waals surface area contributed by atoms with Gasteiger partial charge < -0.3 is 10.6 Å². The molecule has 0 saturated heterocycles. The number of anilines is 1. The standard InChI is InChI=1S/C13H15BrN4/c1-18(13-16-7-12(14)8-17-13)9-11-4-2-3-10(5-11)6-15/h2-5,7-8H,6,9,15H2,1H3. The molecule has 0 atom stereocenters. The minimum atomic E-state index is 0.562. The largest absolute Gasteiger partial charge is 0.340 e. The number of nitrogens with zero attached hydrogens (tertiary/aromatic N) is 3. The zero-order valence-corrected chi connectivity index (χ0v) is 11.8. The van der Waals surface area contributed by atoms with Crippen LogP contribution in [0.3, 0.4) is 0 Å². The lowest BCUT2D eigenvalue weighted by Gasteiger charge is -2.17. The van der Waals surface area contributed by atoms with E-state index in [4.69, 9.17) is 5.73 Å². The topological polar surface area (TPSA) is 55.0 Å². The molecule has 1 heterocycles. The molecule has 5 heteroatoms. The summed E-state index contributed by atoms with van der Waals surface area (Å²) in [7, 11) is 1.97. The summed E-state index contributed by atoms with van der Waals surface area (Å²) in [6.07, 6.45) is 3.49. The number of halogens is 1. The van der Waals surface area contributed by atoms with Gasteiger partial charge >= 0.3 is 0 Å². The molecule has 0 aliphatic carbocycles. The second-order valence-electron chi connectivity index (χ2n) is 4.08. The van der Waals surface area contributed by atoms with E-state index >= 15 is 0 Å². The number of rotatable bonds is 4. The molecule has 2 N–H and O–H groups in total. The van der Waals surface area contributed by atoms with Crippen molar-refractivity contribution in [3.63, 3.8) is 0 Å². The first-order chi connectivity index (χ1) is 8.69. The van der Waals surface area contributed by atoms with E-state index in [0.29, 0.717) is 12.5 Å². The molecule has 0 bridgehead atoms. The van der Waals surface area contributed by atoms with Crippen molar-refractivity contribution < 1.29 is 0 Å². The normalized spacial score (nSPS) is 10.4. The average Bonchev–Trinajstić information content (AvgIpc) is 2.39. The van der Waals surface area contributed by atoms with E-state index in [9.17, 15) is 0 Å². The number of benzene rings is 1. The summed E-state index contributed by atoms with van der Waals surface area (Å²) in [5, 5.41) is 0. The Morgan fingerprint density at radius 3 is 2.56 bits per heavy atom.